The van der Waals surface area contributed by atoms with E-state index in [9.17, 15) is 9.18 Å². The molecule has 1 aromatic carbocycles. The lowest BCUT2D eigenvalue weighted by atomic mass is 10.3. The topological polar surface area (TPSA) is 54.9 Å². The van der Waals surface area contributed by atoms with Gasteiger partial charge in [-0.3, -0.25) is 4.79 Å². The van der Waals surface area contributed by atoms with E-state index in [2.05, 4.69) is 15.3 Å². The Bertz CT molecular complexity index is 607. The second kappa shape index (κ2) is 5.29. The Kier molecular flexibility index (Phi) is 3.74. The molecule has 2 aromatic rings. The molecule has 4 nitrogen and oxygen atoms in total. The quantitative estimate of drug-likeness (QED) is 0.693. The highest BCUT2D eigenvalue weighted by Crippen LogP contribution is 2.27. The number of carbonyl (C=O) groups excluding carboxylic acids is 1. The van der Waals surface area contributed by atoms with E-state index in [1.54, 1.807) is 0 Å². The van der Waals surface area contributed by atoms with Crippen LogP contribution in [0.4, 0.5) is 15.9 Å². The van der Waals surface area contributed by atoms with Gasteiger partial charge in [-0.25, -0.2) is 14.4 Å². The van der Waals surface area contributed by atoms with E-state index >= 15 is 0 Å². The van der Waals surface area contributed by atoms with Gasteiger partial charge in [0, 0.05) is 0 Å². The molecule has 0 aliphatic rings. The Labute approximate surface area is 112 Å². The van der Waals surface area contributed by atoms with E-state index in [-0.39, 0.29) is 22.2 Å². The van der Waals surface area contributed by atoms with Crippen molar-refractivity contribution in [2.75, 3.05) is 5.32 Å². The second-order valence-electron chi connectivity index (χ2n) is 3.29. The molecule has 1 N–H and O–H groups in total. The fourth-order valence-corrected chi connectivity index (χ4v) is 1.64. The first-order chi connectivity index (χ1) is 8.61. The number of carbonyl (C=O) groups is 1. The number of hydrogen-bond acceptors (Lipinski definition) is 4. The van der Waals surface area contributed by atoms with Crippen LogP contribution in [-0.4, -0.2) is 16.3 Å². The summed E-state index contributed by atoms with van der Waals surface area (Å²) in [5, 5.41) is 3.04. The van der Waals surface area contributed by atoms with Crippen molar-refractivity contribution in [2.24, 2.45) is 0 Å². The van der Waals surface area contributed by atoms with Crippen LogP contribution < -0.4 is 5.32 Å². The lowest BCUT2D eigenvalue weighted by molar-refractivity contribution is 0.112. The minimum atomic E-state index is -0.463. The average Bonchev–Trinajstić information content (AvgIpc) is 2.34. The summed E-state index contributed by atoms with van der Waals surface area (Å²) in [5.41, 5.74) is 0.369. The number of anilines is 2. The molecule has 18 heavy (non-hydrogen) atoms. The van der Waals surface area contributed by atoms with Crippen molar-refractivity contribution in [1.29, 1.82) is 0 Å². The molecule has 0 saturated heterocycles. The number of hydrogen-bond donors (Lipinski definition) is 1. The van der Waals surface area contributed by atoms with Gasteiger partial charge in [0.15, 0.2) is 6.29 Å². The number of nitrogens with one attached hydrogen (secondary N) is 1. The van der Waals surface area contributed by atoms with Crippen molar-refractivity contribution in [3.8, 4) is 0 Å². The van der Waals surface area contributed by atoms with Gasteiger partial charge < -0.3 is 5.32 Å². The normalized spacial score (nSPS) is 10.2. The first-order valence-electron chi connectivity index (χ1n) is 4.79. The van der Waals surface area contributed by atoms with Gasteiger partial charge in [-0.2, -0.15) is 0 Å². The number of halogens is 3. The SMILES string of the molecule is O=Cc1c(Cl)ncnc1Nc1cc(F)ccc1Cl. The molecule has 92 valence electrons. The molecule has 0 atom stereocenters. The Morgan fingerprint density at radius 2 is 2.06 bits per heavy atom. The zero-order valence-corrected chi connectivity index (χ0v) is 10.3. The molecule has 0 amide bonds. The van der Waals surface area contributed by atoms with Gasteiger partial charge >= 0.3 is 0 Å². The molecule has 1 heterocycles. The zero-order chi connectivity index (χ0) is 13.1. The molecular formula is C11H6Cl2FN3O. The van der Waals surface area contributed by atoms with Gasteiger partial charge in [-0.05, 0) is 18.2 Å². The zero-order valence-electron chi connectivity index (χ0n) is 8.82. The van der Waals surface area contributed by atoms with E-state index < -0.39 is 5.82 Å². The number of benzene rings is 1. The summed E-state index contributed by atoms with van der Waals surface area (Å²) >= 11 is 11.6. The van der Waals surface area contributed by atoms with Gasteiger partial charge in [0.25, 0.3) is 0 Å². The van der Waals surface area contributed by atoms with Gasteiger partial charge in [0.05, 0.1) is 16.3 Å². The summed E-state index contributed by atoms with van der Waals surface area (Å²) in [6.45, 7) is 0. The van der Waals surface area contributed by atoms with Crippen molar-refractivity contribution < 1.29 is 9.18 Å². The van der Waals surface area contributed by atoms with E-state index in [1.807, 2.05) is 0 Å². The van der Waals surface area contributed by atoms with Gasteiger partial charge in [-0.1, -0.05) is 23.2 Å². The maximum absolute atomic E-state index is 13.1. The number of nitrogens with zero attached hydrogens (tertiary/aromatic N) is 2. The fourth-order valence-electron chi connectivity index (χ4n) is 1.30. The third-order valence-corrected chi connectivity index (χ3v) is 2.77. The van der Waals surface area contributed by atoms with E-state index in [1.165, 1.54) is 24.5 Å². The molecular weight excluding hydrogens is 280 g/mol. The van der Waals surface area contributed by atoms with E-state index in [4.69, 9.17) is 23.2 Å². The molecule has 1 aromatic heterocycles. The predicted molar refractivity (Wildman–Crippen MR) is 67.1 cm³/mol. The molecule has 0 radical (unpaired) electrons. The molecule has 0 unspecified atom stereocenters. The van der Waals surface area contributed by atoms with Gasteiger partial charge in [-0.15, -0.1) is 0 Å². The minimum absolute atomic E-state index is 0.00928. The average molecular weight is 286 g/mol. The van der Waals surface area contributed by atoms with Crippen molar-refractivity contribution in [3.63, 3.8) is 0 Å². The minimum Gasteiger partial charge on any atom is -0.338 e. The summed E-state index contributed by atoms with van der Waals surface area (Å²) in [7, 11) is 0. The van der Waals surface area contributed by atoms with E-state index in [0.717, 1.165) is 0 Å². The fraction of sp³-hybridized carbons (Fsp3) is 0. The van der Waals surface area contributed by atoms with Gasteiger partial charge in [0.1, 0.15) is 23.1 Å². The van der Waals surface area contributed by atoms with Crippen LogP contribution in [0.5, 0.6) is 0 Å². The summed E-state index contributed by atoms with van der Waals surface area (Å²) in [6, 6.07) is 3.80. The number of rotatable bonds is 3. The standard InChI is InChI=1S/C11H6Cl2FN3O/c12-8-2-1-6(14)3-9(8)17-11-7(4-18)10(13)15-5-16-11/h1-5H,(H,15,16,17). The Balaban J connectivity index is 2.43. The first-order valence-corrected chi connectivity index (χ1v) is 5.55. The lowest BCUT2D eigenvalue weighted by Gasteiger charge is -2.09. The van der Waals surface area contributed by atoms with Crippen LogP contribution in [0.1, 0.15) is 10.4 Å². The van der Waals surface area contributed by atoms with Crippen LogP contribution in [-0.2, 0) is 0 Å². The van der Waals surface area contributed by atoms with Gasteiger partial charge in [0.2, 0.25) is 0 Å². The summed E-state index contributed by atoms with van der Waals surface area (Å²) in [4.78, 5) is 18.4. The number of aldehydes is 1. The molecule has 0 bridgehead atoms. The molecule has 7 heteroatoms. The summed E-state index contributed by atoms with van der Waals surface area (Å²) in [5.74, 6) is -0.299. The summed E-state index contributed by atoms with van der Waals surface area (Å²) in [6.07, 6.45) is 1.70. The summed E-state index contributed by atoms with van der Waals surface area (Å²) < 4.78 is 13.1. The van der Waals surface area contributed by atoms with Crippen molar-refractivity contribution in [3.05, 3.63) is 46.1 Å². The molecule has 0 saturated carbocycles. The highest BCUT2D eigenvalue weighted by molar-refractivity contribution is 6.33. The maximum Gasteiger partial charge on any atom is 0.156 e. The second-order valence-corrected chi connectivity index (χ2v) is 4.06. The molecule has 0 aliphatic carbocycles. The third kappa shape index (κ3) is 2.57. The van der Waals surface area contributed by atoms with Crippen LogP contribution in [0.15, 0.2) is 24.5 Å². The van der Waals surface area contributed by atoms with Crippen LogP contribution in [0.2, 0.25) is 10.2 Å². The predicted octanol–water partition coefficient (Wildman–Crippen LogP) is 3.48. The first kappa shape index (κ1) is 12.7. The number of aromatic nitrogens is 2. The van der Waals surface area contributed by atoms with Crippen molar-refractivity contribution >= 4 is 41.0 Å². The van der Waals surface area contributed by atoms with Crippen molar-refractivity contribution in [1.82, 2.24) is 9.97 Å². The van der Waals surface area contributed by atoms with Crippen LogP contribution in [0.3, 0.4) is 0 Å². The largest absolute Gasteiger partial charge is 0.338 e. The highest BCUT2D eigenvalue weighted by atomic mass is 35.5. The molecule has 0 aliphatic heterocycles. The van der Waals surface area contributed by atoms with Crippen molar-refractivity contribution in [2.45, 2.75) is 0 Å². The Morgan fingerprint density at radius 3 is 2.78 bits per heavy atom. The van der Waals surface area contributed by atoms with E-state index in [0.29, 0.717) is 11.3 Å². The maximum atomic E-state index is 13.1. The lowest BCUT2D eigenvalue weighted by Crippen LogP contribution is -2.01. The third-order valence-electron chi connectivity index (χ3n) is 2.13. The van der Waals surface area contributed by atoms with Crippen LogP contribution in [0, 0.1) is 5.82 Å². The molecule has 0 spiro atoms. The van der Waals surface area contributed by atoms with Crippen LogP contribution in [0.25, 0.3) is 0 Å². The monoisotopic (exact) mass is 285 g/mol. The van der Waals surface area contributed by atoms with Crippen LogP contribution >= 0.6 is 23.2 Å². The molecule has 0 fully saturated rings. The highest BCUT2D eigenvalue weighted by Gasteiger charge is 2.11. The smallest absolute Gasteiger partial charge is 0.156 e. The molecule has 2 rings (SSSR count). The Morgan fingerprint density at radius 1 is 1.28 bits per heavy atom. The Hall–Kier alpha value is -1.72.